The van der Waals surface area contributed by atoms with Crippen molar-refractivity contribution in [3.05, 3.63) is 206 Å². The van der Waals surface area contributed by atoms with E-state index in [1.165, 1.54) is 10.8 Å². The SMILES string of the molecule is O=P(c1ccc(-c2ccc3c(ccc4c5ccccc5c5nc6ccccc6n5c34)c2)nc1)(c1cc2ccccc2c2ccccc12)c1cc2ccccc2c2ccccc12. The Morgan fingerprint density at radius 2 is 0.934 bits per heavy atom. The van der Waals surface area contributed by atoms with Crippen molar-refractivity contribution in [1.29, 1.82) is 0 Å². The summed E-state index contributed by atoms with van der Waals surface area (Å²) in [6.45, 7) is 0. The molecule has 13 aromatic rings. The van der Waals surface area contributed by atoms with Gasteiger partial charge in [0.05, 0.1) is 22.2 Å². The van der Waals surface area contributed by atoms with E-state index >= 15 is 4.57 Å². The van der Waals surface area contributed by atoms with E-state index < -0.39 is 7.14 Å². The molecule has 0 N–H and O–H groups in total. The van der Waals surface area contributed by atoms with Crippen molar-refractivity contribution < 1.29 is 4.57 Å². The van der Waals surface area contributed by atoms with Gasteiger partial charge in [-0.05, 0) is 96.3 Å². The molecule has 5 heteroatoms. The van der Waals surface area contributed by atoms with Crippen LogP contribution in [-0.2, 0) is 4.57 Å². The highest BCUT2D eigenvalue weighted by atomic mass is 31.2. The summed E-state index contributed by atoms with van der Waals surface area (Å²) in [5, 5.41) is 16.7. The highest BCUT2D eigenvalue weighted by Crippen LogP contribution is 2.48. The Labute approximate surface area is 350 Å². The topological polar surface area (TPSA) is 47.3 Å². The molecule has 0 amide bonds. The van der Waals surface area contributed by atoms with Crippen molar-refractivity contribution in [2.75, 3.05) is 0 Å². The molecule has 4 nitrogen and oxygen atoms in total. The summed E-state index contributed by atoms with van der Waals surface area (Å²) in [4.78, 5) is 10.3. The van der Waals surface area contributed by atoms with Crippen LogP contribution in [0, 0.1) is 0 Å². The third-order valence-electron chi connectivity index (χ3n) is 12.8. The Hall–Kier alpha value is -7.65. The third-order valence-corrected chi connectivity index (χ3v) is 15.9. The molecular weight excluding hydrogens is 762 g/mol. The largest absolute Gasteiger partial charge is 0.309 e. The van der Waals surface area contributed by atoms with E-state index in [0.717, 1.165) is 103 Å². The van der Waals surface area contributed by atoms with Crippen LogP contribution in [0.2, 0.25) is 0 Å². The number of para-hydroxylation sites is 2. The second-order valence-electron chi connectivity index (χ2n) is 16.0. The molecule has 0 aliphatic rings. The summed E-state index contributed by atoms with van der Waals surface area (Å²) in [6, 6.07) is 70.0. The van der Waals surface area contributed by atoms with Crippen LogP contribution in [0.5, 0.6) is 0 Å². The Morgan fingerprint density at radius 3 is 1.57 bits per heavy atom. The number of hydrogen-bond acceptors (Lipinski definition) is 3. The van der Waals surface area contributed by atoms with Crippen molar-refractivity contribution >= 4 is 115 Å². The van der Waals surface area contributed by atoms with Crippen LogP contribution >= 0.6 is 7.14 Å². The molecule has 0 fully saturated rings. The van der Waals surface area contributed by atoms with Crippen LogP contribution in [0.3, 0.4) is 0 Å². The zero-order valence-electron chi connectivity index (χ0n) is 32.8. The fraction of sp³-hybridized carbons (Fsp3) is 0. The molecule has 0 unspecified atom stereocenters. The molecule has 0 saturated heterocycles. The summed E-state index contributed by atoms with van der Waals surface area (Å²) in [5.41, 5.74) is 5.98. The number of imidazole rings is 1. The molecule has 10 aromatic carbocycles. The molecule has 0 radical (unpaired) electrons. The van der Waals surface area contributed by atoms with Crippen LogP contribution in [0.25, 0.3) is 103 Å². The van der Waals surface area contributed by atoms with Crippen molar-refractivity contribution in [2.45, 2.75) is 0 Å². The van der Waals surface area contributed by atoms with E-state index in [2.05, 4.69) is 199 Å². The maximum atomic E-state index is 16.9. The first kappa shape index (κ1) is 34.2. The lowest BCUT2D eigenvalue weighted by Gasteiger charge is -2.25. The second kappa shape index (κ2) is 12.9. The molecule has 0 bridgehead atoms. The summed E-state index contributed by atoms with van der Waals surface area (Å²) in [7, 11) is -3.58. The first-order valence-electron chi connectivity index (χ1n) is 20.7. The van der Waals surface area contributed by atoms with Crippen LogP contribution in [-0.4, -0.2) is 14.4 Å². The number of benzene rings is 10. The Morgan fingerprint density at radius 1 is 0.410 bits per heavy atom. The quantitative estimate of drug-likeness (QED) is 0.132. The molecule has 3 heterocycles. The van der Waals surface area contributed by atoms with Gasteiger partial charge in [0.25, 0.3) is 0 Å². The minimum absolute atomic E-state index is 0.699. The van der Waals surface area contributed by atoms with Gasteiger partial charge in [0, 0.05) is 43.8 Å². The standard InChI is InChI=1S/C56H34N3OP/c60-61(53-32-35-13-1-3-15-40(35)43-17-5-8-20-46(43)53,54-33-36-14-2-4-16-41(36)44-18-6-9-21-47(44)54)39-27-30-50(57-34-39)38-26-28-42-37(31-38)25-29-48-45-19-7-10-22-49(45)56-58-51-23-11-12-24-52(51)59(56)55(42)48/h1-34H. The zero-order chi connectivity index (χ0) is 40.2. The average Bonchev–Trinajstić information content (AvgIpc) is 3.73. The van der Waals surface area contributed by atoms with Gasteiger partial charge in [-0.1, -0.05) is 158 Å². The summed E-state index contributed by atoms with van der Waals surface area (Å²) in [6.07, 6.45) is 1.86. The van der Waals surface area contributed by atoms with Crippen molar-refractivity contribution in [1.82, 2.24) is 14.4 Å². The fourth-order valence-electron chi connectivity index (χ4n) is 10.0. The van der Waals surface area contributed by atoms with Crippen LogP contribution in [0.1, 0.15) is 0 Å². The molecule has 0 saturated carbocycles. The smallest absolute Gasteiger partial charge is 0.173 e. The lowest BCUT2D eigenvalue weighted by Crippen LogP contribution is -2.27. The first-order valence-corrected chi connectivity index (χ1v) is 22.4. The van der Waals surface area contributed by atoms with Gasteiger partial charge >= 0.3 is 0 Å². The summed E-state index contributed by atoms with van der Waals surface area (Å²) in [5.74, 6) is 0. The van der Waals surface area contributed by atoms with E-state index in [1.54, 1.807) is 0 Å². The maximum Gasteiger partial charge on any atom is 0.173 e. The molecular formula is C56H34N3OP. The number of hydrogen-bond donors (Lipinski definition) is 0. The molecule has 284 valence electrons. The zero-order valence-corrected chi connectivity index (χ0v) is 33.7. The van der Waals surface area contributed by atoms with E-state index in [4.69, 9.17) is 9.97 Å². The molecule has 0 aliphatic carbocycles. The van der Waals surface area contributed by atoms with Gasteiger partial charge in [-0.2, -0.15) is 0 Å². The van der Waals surface area contributed by atoms with Gasteiger partial charge in [-0.3, -0.25) is 9.38 Å². The number of nitrogens with zero attached hydrogens (tertiary/aromatic N) is 3. The monoisotopic (exact) mass is 795 g/mol. The van der Waals surface area contributed by atoms with Gasteiger partial charge in [0.2, 0.25) is 0 Å². The number of fused-ring (bicyclic) bond motifs is 16. The van der Waals surface area contributed by atoms with Crippen LogP contribution in [0.4, 0.5) is 0 Å². The number of pyridine rings is 2. The molecule has 0 aliphatic heterocycles. The summed E-state index contributed by atoms with van der Waals surface area (Å²) >= 11 is 0. The molecule has 0 atom stereocenters. The highest BCUT2D eigenvalue weighted by Gasteiger charge is 2.35. The van der Waals surface area contributed by atoms with Crippen molar-refractivity contribution in [3.63, 3.8) is 0 Å². The molecule has 61 heavy (non-hydrogen) atoms. The van der Waals surface area contributed by atoms with E-state index in [9.17, 15) is 0 Å². The van der Waals surface area contributed by atoms with Crippen molar-refractivity contribution in [2.24, 2.45) is 0 Å². The summed E-state index contributed by atoms with van der Waals surface area (Å²) < 4.78 is 19.2. The molecule has 3 aromatic heterocycles. The highest BCUT2D eigenvalue weighted by molar-refractivity contribution is 7.86. The van der Waals surface area contributed by atoms with Gasteiger partial charge in [-0.25, -0.2) is 4.98 Å². The second-order valence-corrected chi connectivity index (χ2v) is 18.7. The number of aromatic nitrogens is 3. The Balaban J connectivity index is 1.03. The maximum absolute atomic E-state index is 16.9. The predicted octanol–water partition coefficient (Wildman–Crippen LogP) is 13.3. The van der Waals surface area contributed by atoms with Crippen LogP contribution in [0.15, 0.2) is 206 Å². The molecule has 13 rings (SSSR count). The van der Waals surface area contributed by atoms with Gasteiger partial charge < -0.3 is 4.57 Å². The van der Waals surface area contributed by atoms with E-state index in [1.807, 2.05) is 12.3 Å². The Bertz CT molecular complexity index is 3910. The van der Waals surface area contributed by atoms with E-state index in [-0.39, 0.29) is 0 Å². The lowest BCUT2D eigenvalue weighted by molar-refractivity contribution is 0.592. The van der Waals surface area contributed by atoms with Gasteiger partial charge in [-0.15, -0.1) is 0 Å². The fourth-order valence-corrected chi connectivity index (χ4v) is 13.0. The normalized spacial score (nSPS) is 12.3. The van der Waals surface area contributed by atoms with Crippen molar-refractivity contribution in [3.8, 4) is 11.3 Å². The van der Waals surface area contributed by atoms with Gasteiger partial charge in [0.1, 0.15) is 5.65 Å². The minimum atomic E-state index is -3.58. The van der Waals surface area contributed by atoms with Crippen LogP contribution < -0.4 is 15.9 Å². The van der Waals surface area contributed by atoms with E-state index in [0.29, 0.717) is 5.30 Å². The lowest BCUT2D eigenvalue weighted by atomic mass is 9.98. The minimum Gasteiger partial charge on any atom is -0.309 e. The Kier molecular flexibility index (Phi) is 7.25. The first-order chi connectivity index (χ1) is 30.1. The predicted molar refractivity (Wildman–Crippen MR) is 258 cm³/mol. The number of rotatable bonds is 4. The third kappa shape index (κ3) is 4.91. The average molecular weight is 796 g/mol. The molecule has 0 spiro atoms. The van der Waals surface area contributed by atoms with Gasteiger partial charge in [0.15, 0.2) is 7.14 Å².